The van der Waals surface area contributed by atoms with Crippen molar-refractivity contribution in [1.82, 2.24) is 9.78 Å². The lowest BCUT2D eigenvalue weighted by Gasteiger charge is -2.28. The van der Waals surface area contributed by atoms with E-state index in [2.05, 4.69) is 50.5 Å². The van der Waals surface area contributed by atoms with Crippen LogP contribution >= 0.6 is 0 Å². The second-order valence-corrected chi connectivity index (χ2v) is 4.04. The van der Waals surface area contributed by atoms with Crippen LogP contribution in [0.5, 0.6) is 0 Å². The molecule has 0 saturated heterocycles. The maximum atomic E-state index is 4.54. The molecule has 74 valence electrons. The maximum absolute atomic E-state index is 4.54. The van der Waals surface area contributed by atoms with Crippen molar-refractivity contribution in [3.8, 4) is 0 Å². The highest BCUT2D eigenvalue weighted by Crippen LogP contribution is 2.25. The molecule has 0 bridgehead atoms. The molecule has 1 rings (SSSR count). The molecule has 1 heterocycles. The fraction of sp³-hybridized carbons (Fsp3) is 0.727. The summed E-state index contributed by atoms with van der Waals surface area (Å²) in [5, 5.41) is 4.54. The predicted molar refractivity (Wildman–Crippen MR) is 55.9 cm³/mol. The minimum Gasteiger partial charge on any atom is -0.264 e. The molecule has 13 heavy (non-hydrogen) atoms. The van der Waals surface area contributed by atoms with Crippen LogP contribution in [-0.2, 0) is 5.54 Å². The summed E-state index contributed by atoms with van der Waals surface area (Å²) in [5.41, 5.74) is 2.58. The van der Waals surface area contributed by atoms with Gasteiger partial charge in [0.15, 0.2) is 0 Å². The second-order valence-electron chi connectivity index (χ2n) is 4.04. The third-order valence-electron chi connectivity index (χ3n) is 3.04. The fourth-order valence-electron chi connectivity index (χ4n) is 1.72. The molecule has 0 amide bonds. The van der Waals surface area contributed by atoms with E-state index in [-0.39, 0.29) is 5.54 Å². The molecule has 0 saturated carbocycles. The van der Waals surface area contributed by atoms with Crippen molar-refractivity contribution in [2.75, 3.05) is 0 Å². The molecule has 0 aliphatic carbocycles. The zero-order valence-electron chi connectivity index (χ0n) is 9.39. The van der Waals surface area contributed by atoms with E-state index in [4.69, 9.17) is 0 Å². The maximum Gasteiger partial charge on any atom is 0.0597 e. The van der Waals surface area contributed by atoms with E-state index in [9.17, 15) is 0 Å². The molecular weight excluding hydrogens is 160 g/mol. The Morgan fingerprint density at radius 2 is 1.85 bits per heavy atom. The van der Waals surface area contributed by atoms with E-state index in [1.807, 2.05) is 0 Å². The van der Waals surface area contributed by atoms with Gasteiger partial charge in [0.2, 0.25) is 0 Å². The van der Waals surface area contributed by atoms with E-state index in [1.165, 1.54) is 5.69 Å². The Bertz CT molecular complexity index is 282. The van der Waals surface area contributed by atoms with Gasteiger partial charge >= 0.3 is 0 Å². The summed E-state index contributed by atoms with van der Waals surface area (Å²) in [6.07, 6.45) is 2.26. The normalized spacial score (nSPS) is 12.1. The lowest BCUT2D eigenvalue weighted by atomic mass is 9.95. The molecule has 2 nitrogen and oxygen atoms in total. The predicted octanol–water partition coefficient (Wildman–Crippen LogP) is 3.04. The Balaban J connectivity index is 3.11. The van der Waals surface area contributed by atoms with Gasteiger partial charge in [-0.3, -0.25) is 4.68 Å². The van der Waals surface area contributed by atoms with Crippen LogP contribution in [0.2, 0.25) is 0 Å². The topological polar surface area (TPSA) is 17.8 Å². The first kappa shape index (κ1) is 10.3. The summed E-state index contributed by atoms with van der Waals surface area (Å²) in [5.74, 6) is 0. The average molecular weight is 180 g/mol. The Kier molecular flexibility index (Phi) is 2.79. The highest BCUT2D eigenvalue weighted by atomic mass is 15.3. The second kappa shape index (κ2) is 3.52. The van der Waals surface area contributed by atoms with Crippen molar-refractivity contribution in [3.05, 3.63) is 17.5 Å². The standard InChI is InChI=1S/C11H20N2/c1-6-11(5,7-2)13-10(4)8-9(3)12-13/h8H,6-7H2,1-5H3. The number of aryl methyl sites for hydroxylation is 2. The average Bonchev–Trinajstić information content (AvgIpc) is 2.44. The monoisotopic (exact) mass is 180 g/mol. The molecule has 0 radical (unpaired) electrons. The molecule has 0 spiro atoms. The minimum atomic E-state index is 0.193. The molecule has 0 fully saturated rings. The molecule has 0 unspecified atom stereocenters. The summed E-state index contributed by atoms with van der Waals surface area (Å²) in [6.45, 7) is 10.9. The van der Waals surface area contributed by atoms with Crippen LogP contribution in [0, 0.1) is 13.8 Å². The number of rotatable bonds is 3. The van der Waals surface area contributed by atoms with Crippen molar-refractivity contribution >= 4 is 0 Å². The summed E-state index contributed by atoms with van der Waals surface area (Å²) in [6, 6.07) is 2.14. The Labute approximate surface area is 81.0 Å². The van der Waals surface area contributed by atoms with E-state index in [0.717, 1.165) is 18.5 Å². The van der Waals surface area contributed by atoms with Crippen LogP contribution < -0.4 is 0 Å². The molecule has 1 aromatic rings. The van der Waals surface area contributed by atoms with Crippen molar-refractivity contribution < 1.29 is 0 Å². The number of aromatic nitrogens is 2. The summed E-state index contributed by atoms with van der Waals surface area (Å²) < 4.78 is 2.17. The molecule has 0 aliphatic heterocycles. The van der Waals surface area contributed by atoms with Crippen LogP contribution in [0.15, 0.2) is 6.07 Å². The SMILES string of the molecule is CCC(C)(CC)n1nc(C)cc1C. The largest absolute Gasteiger partial charge is 0.264 e. The minimum absolute atomic E-state index is 0.193. The zero-order chi connectivity index (χ0) is 10.1. The Morgan fingerprint density at radius 1 is 1.31 bits per heavy atom. The molecule has 2 heteroatoms. The summed E-state index contributed by atoms with van der Waals surface area (Å²) in [4.78, 5) is 0. The first-order valence-corrected chi connectivity index (χ1v) is 5.07. The van der Waals surface area contributed by atoms with Crippen molar-refractivity contribution in [3.63, 3.8) is 0 Å². The van der Waals surface area contributed by atoms with Crippen LogP contribution in [0.4, 0.5) is 0 Å². The van der Waals surface area contributed by atoms with Crippen LogP contribution in [-0.4, -0.2) is 9.78 Å². The third-order valence-corrected chi connectivity index (χ3v) is 3.04. The van der Waals surface area contributed by atoms with E-state index in [1.54, 1.807) is 0 Å². The van der Waals surface area contributed by atoms with Crippen LogP contribution in [0.25, 0.3) is 0 Å². The highest BCUT2D eigenvalue weighted by Gasteiger charge is 2.24. The van der Waals surface area contributed by atoms with Gasteiger partial charge < -0.3 is 0 Å². The van der Waals surface area contributed by atoms with Crippen molar-refractivity contribution in [2.24, 2.45) is 0 Å². The molecule has 0 atom stereocenters. The molecule has 0 aliphatic rings. The van der Waals surface area contributed by atoms with E-state index >= 15 is 0 Å². The molecule has 1 aromatic heterocycles. The summed E-state index contributed by atoms with van der Waals surface area (Å²) in [7, 11) is 0. The van der Waals surface area contributed by atoms with Gasteiger partial charge in [-0.2, -0.15) is 5.10 Å². The quantitative estimate of drug-likeness (QED) is 0.699. The third kappa shape index (κ3) is 1.77. The molecular formula is C11H20N2. The zero-order valence-corrected chi connectivity index (χ0v) is 9.39. The van der Waals surface area contributed by atoms with Gasteiger partial charge in [0.25, 0.3) is 0 Å². The summed E-state index contributed by atoms with van der Waals surface area (Å²) >= 11 is 0. The lowest BCUT2D eigenvalue weighted by molar-refractivity contribution is 0.258. The van der Waals surface area contributed by atoms with Crippen molar-refractivity contribution in [2.45, 2.75) is 53.0 Å². The lowest BCUT2D eigenvalue weighted by Crippen LogP contribution is -2.30. The van der Waals surface area contributed by atoms with Gasteiger partial charge in [-0.25, -0.2) is 0 Å². The number of nitrogens with zero attached hydrogens (tertiary/aromatic N) is 2. The highest BCUT2D eigenvalue weighted by molar-refractivity contribution is 5.09. The van der Waals surface area contributed by atoms with E-state index < -0.39 is 0 Å². The molecule has 0 N–H and O–H groups in total. The fourth-order valence-corrected chi connectivity index (χ4v) is 1.72. The Morgan fingerprint density at radius 3 is 2.15 bits per heavy atom. The molecule has 0 aromatic carbocycles. The van der Waals surface area contributed by atoms with Gasteiger partial charge in [-0.15, -0.1) is 0 Å². The van der Waals surface area contributed by atoms with E-state index in [0.29, 0.717) is 0 Å². The first-order valence-electron chi connectivity index (χ1n) is 5.07. The van der Waals surface area contributed by atoms with Gasteiger partial charge in [0.05, 0.1) is 11.2 Å². The van der Waals surface area contributed by atoms with Crippen LogP contribution in [0.3, 0.4) is 0 Å². The number of hydrogen-bond acceptors (Lipinski definition) is 1. The van der Waals surface area contributed by atoms with Gasteiger partial charge in [-0.05, 0) is 39.7 Å². The van der Waals surface area contributed by atoms with Gasteiger partial charge in [0, 0.05) is 5.69 Å². The smallest absolute Gasteiger partial charge is 0.0597 e. The van der Waals surface area contributed by atoms with Crippen LogP contribution in [0.1, 0.15) is 45.0 Å². The van der Waals surface area contributed by atoms with Gasteiger partial charge in [0.1, 0.15) is 0 Å². The van der Waals surface area contributed by atoms with Gasteiger partial charge in [-0.1, -0.05) is 13.8 Å². The van der Waals surface area contributed by atoms with Crippen molar-refractivity contribution in [1.29, 1.82) is 0 Å². The first-order chi connectivity index (χ1) is 6.03. The Hall–Kier alpha value is -0.790. The number of hydrogen-bond donors (Lipinski definition) is 0.